The molecular weight excluding hydrogens is 330 g/mol. The van der Waals surface area contributed by atoms with Gasteiger partial charge in [0, 0.05) is 37.9 Å². The molecule has 1 heterocycles. The van der Waals surface area contributed by atoms with E-state index < -0.39 is 0 Å². The first-order valence-corrected chi connectivity index (χ1v) is 8.88. The van der Waals surface area contributed by atoms with E-state index in [1.165, 1.54) is 0 Å². The molecule has 0 unspecified atom stereocenters. The summed E-state index contributed by atoms with van der Waals surface area (Å²) in [4.78, 5) is 16.7. The highest BCUT2D eigenvalue weighted by molar-refractivity contribution is 5.91. The first kappa shape index (κ1) is 17.9. The Morgan fingerprint density at radius 2 is 1.85 bits per heavy atom. The molecule has 3 rings (SSSR count). The molecule has 138 valence electrons. The van der Waals surface area contributed by atoms with Crippen molar-refractivity contribution in [2.75, 3.05) is 50.1 Å². The second-order valence-electron chi connectivity index (χ2n) is 6.03. The number of piperazine rings is 1. The van der Waals surface area contributed by atoms with Crippen LogP contribution < -0.4 is 19.7 Å². The average molecular weight is 355 g/mol. The van der Waals surface area contributed by atoms with Gasteiger partial charge < -0.3 is 24.6 Å². The van der Waals surface area contributed by atoms with Crippen LogP contribution in [0.1, 0.15) is 6.92 Å². The lowest BCUT2D eigenvalue weighted by molar-refractivity contribution is 0.208. The van der Waals surface area contributed by atoms with Crippen molar-refractivity contribution in [3.63, 3.8) is 0 Å². The van der Waals surface area contributed by atoms with E-state index in [-0.39, 0.29) is 6.03 Å². The molecule has 26 heavy (non-hydrogen) atoms. The minimum atomic E-state index is -0.0950. The summed E-state index contributed by atoms with van der Waals surface area (Å²) in [6, 6.07) is 15.4. The smallest absolute Gasteiger partial charge is 0.322 e. The number of benzene rings is 2. The molecular formula is C20H25N3O3. The maximum absolute atomic E-state index is 12.6. The van der Waals surface area contributed by atoms with E-state index in [4.69, 9.17) is 9.47 Å². The molecule has 6 heteroatoms. The van der Waals surface area contributed by atoms with Crippen LogP contribution in [0, 0.1) is 0 Å². The lowest BCUT2D eigenvalue weighted by Gasteiger charge is -2.36. The Labute approximate surface area is 154 Å². The van der Waals surface area contributed by atoms with Crippen LogP contribution >= 0.6 is 0 Å². The number of carbonyl (C=O) groups is 1. The van der Waals surface area contributed by atoms with Gasteiger partial charge in [0.2, 0.25) is 0 Å². The molecule has 1 aliphatic heterocycles. The van der Waals surface area contributed by atoms with Crippen molar-refractivity contribution in [3.8, 4) is 11.5 Å². The van der Waals surface area contributed by atoms with Crippen LogP contribution in [0.4, 0.5) is 16.2 Å². The van der Waals surface area contributed by atoms with Crippen molar-refractivity contribution < 1.29 is 14.3 Å². The highest BCUT2D eigenvalue weighted by Crippen LogP contribution is 2.25. The molecule has 1 aliphatic rings. The van der Waals surface area contributed by atoms with Crippen LogP contribution in [0.2, 0.25) is 0 Å². The highest BCUT2D eigenvalue weighted by Gasteiger charge is 2.22. The van der Waals surface area contributed by atoms with Crippen molar-refractivity contribution in [2.45, 2.75) is 6.92 Å². The van der Waals surface area contributed by atoms with Crippen LogP contribution in [-0.2, 0) is 0 Å². The lowest BCUT2D eigenvalue weighted by atomic mass is 10.2. The first-order valence-electron chi connectivity index (χ1n) is 8.88. The van der Waals surface area contributed by atoms with Gasteiger partial charge in [-0.2, -0.15) is 0 Å². The van der Waals surface area contributed by atoms with Gasteiger partial charge >= 0.3 is 6.03 Å². The number of amides is 2. The normalized spacial score (nSPS) is 14.1. The predicted octanol–water partition coefficient (Wildman–Crippen LogP) is 3.45. The third-order valence-corrected chi connectivity index (χ3v) is 4.41. The molecule has 1 fully saturated rings. The number of anilines is 2. The zero-order valence-electron chi connectivity index (χ0n) is 15.3. The van der Waals surface area contributed by atoms with Gasteiger partial charge in [0.25, 0.3) is 0 Å². The number of rotatable bonds is 5. The Bertz CT molecular complexity index is 743. The van der Waals surface area contributed by atoms with Crippen LogP contribution in [0.5, 0.6) is 11.5 Å². The molecule has 0 saturated carbocycles. The first-order chi connectivity index (χ1) is 12.7. The highest BCUT2D eigenvalue weighted by atomic mass is 16.5. The van der Waals surface area contributed by atoms with E-state index in [1.807, 2.05) is 54.3 Å². The number of carbonyl (C=O) groups excluding carboxylic acids is 1. The molecule has 0 aromatic heterocycles. The Hall–Kier alpha value is -2.89. The zero-order valence-corrected chi connectivity index (χ0v) is 15.3. The average Bonchev–Trinajstić information content (AvgIpc) is 2.70. The van der Waals surface area contributed by atoms with Crippen molar-refractivity contribution in [3.05, 3.63) is 48.5 Å². The van der Waals surface area contributed by atoms with Gasteiger partial charge in [0.15, 0.2) is 0 Å². The summed E-state index contributed by atoms with van der Waals surface area (Å²) in [7, 11) is 1.67. The van der Waals surface area contributed by atoms with Crippen molar-refractivity contribution in [1.82, 2.24) is 4.90 Å². The second kappa shape index (κ2) is 8.47. The lowest BCUT2D eigenvalue weighted by Crippen LogP contribution is -2.50. The third kappa shape index (κ3) is 4.20. The molecule has 0 aliphatic carbocycles. The van der Waals surface area contributed by atoms with Gasteiger partial charge in [0.05, 0.1) is 19.4 Å². The number of hydrogen-bond acceptors (Lipinski definition) is 4. The predicted molar refractivity (Wildman–Crippen MR) is 103 cm³/mol. The molecule has 0 bridgehead atoms. The van der Waals surface area contributed by atoms with Gasteiger partial charge in [-0.25, -0.2) is 4.79 Å². The fourth-order valence-electron chi connectivity index (χ4n) is 3.02. The molecule has 2 aromatic rings. The molecule has 2 aromatic carbocycles. The molecule has 1 N–H and O–H groups in total. The molecule has 2 amide bonds. The summed E-state index contributed by atoms with van der Waals surface area (Å²) in [6.45, 7) is 5.39. The van der Waals surface area contributed by atoms with Gasteiger partial charge in [-0.15, -0.1) is 0 Å². The number of ether oxygens (including phenoxy) is 2. The van der Waals surface area contributed by atoms with Crippen LogP contribution in [0.25, 0.3) is 0 Å². The van der Waals surface area contributed by atoms with Gasteiger partial charge in [-0.3, -0.25) is 0 Å². The van der Waals surface area contributed by atoms with E-state index in [9.17, 15) is 4.79 Å². The summed E-state index contributed by atoms with van der Waals surface area (Å²) < 4.78 is 10.9. The SMILES string of the molecule is CCOc1ccccc1NC(=O)N1CCN(c2cccc(OC)c2)CC1. The zero-order chi connectivity index (χ0) is 18.4. The third-order valence-electron chi connectivity index (χ3n) is 4.41. The van der Waals surface area contributed by atoms with E-state index in [0.717, 1.165) is 24.5 Å². The number of methoxy groups -OCH3 is 1. The molecule has 6 nitrogen and oxygen atoms in total. The number of urea groups is 1. The summed E-state index contributed by atoms with van der Waals surface area (Å²) in [6.07, 6.45) is 0. The van der Waals surface area contributed by atoms with Crippen LogP contribution in [0.3, 0.4) is 0 Å². The Kier molecular flexibility index (Phi) is 5.84. The van der Waals surface area contributed by atoms with Gasteiger partial charge in [-0.05, 0) is 31.2 Å². The standard InChI is InChI=1S/C20H25N3O3/c1-3-26-19-10-5-4-9-18(19)21-20(24)23-13-11-22(12-14-23)16-7-6-8-17(15-16)25-2/h4-10,15H,3,11-14H2,1-2H3,(H,21,24). The monoisotopic (exact) mass is 355 g/mol. The van der Waals surface area contributed by atoms with Gasteiger partial charge in [0.1, 0.15) is 11.5 Å². The quantitative estimate of drug-likeness (QED) is 0.893. The number of nitrogens with one attached hydrogen (secondary N) is 1. The fourth-order valence-corrected chi connectivity index (χ4v) is 3.02. The van der Waals surface area contributed by atoms with E-state index in [0.29, 0.717) is 31.1 Å². The van der Waals surface area contributed by atoms with E-state index >= 15 is 0 Å². The second-order valence-corrected chi connectivity index (χ2v) is 6.03. The number of hydrogen-bond donors (Lipinski definition) is 1. The van der Waals surface area contributed by atoms with Gasteiger partial charge in [-0.1, -0.05) is 18.2 Å². The molecule has 0 radical (unpaired) electrons. The fraction of sp³-hybridized carbons (Fsp3) is 0.350. The minimum Gasteiger partial charge on any atom is -0.497 e. The Balaban J connectivity index is 1.58. The van der Waals surface area contributed by atoms with Crippen molar-refractivity contribution in [1.29, 1.82) is 0 Å². The minimum absolute atomic E-state index is 0.0950. The molecule has 0 spiro atoms. The molecule has 1 saturated heterocycles. The summed E-state index contributed by atoms with van der Waals surface area (Å²) in [5.41, 5.74) is 1.82. The maximum atomic E-state index is 12.6. The molecule has 0 atom stereocenters. The Morgan fingerprint density at radius 1 is 1.08 bits per heavy atom. The van der Waals surface area contributed by atoms with Crippen molar-refractivity contribution in [2.24, 2.45) is 0 Å². The topological polar surface area (TPSA) is 54.0 Å². The van der Waals surface area contributed by atoms with Crippen LogP contribution in [0.15, 0.2) is 48.5 Å². The number of nitrogens with zero attached hydrogens (tertiary/aromatic N) is 2. The summed E-state index contributed by atoms with van der Waals surface area (Å²) in [5.74, 6) is 1.54. The van der Waals surface area contributed by atoms with E-state index in [2.05, 4.69) is 16.3 Å². The Morgan fingerprint density at radius 3 is 2.58 bits per heavy atom. The van der Waals surface area contributed by atoms with Crippen molar-refractivity contribution >= 4 is 17.4 Å². The number of para-hydroxylation sites is 2. The maximum Gasteiger partial charge on any atom is 0.322 e. The largest absolute Gasteiger partial charge is 0.497 e. The summed E-state index contributed by atoms with van der Waals surface area (Å²) in [5, 5.41) is 2.96. The van der Waals surface area contributed by atoms with Crippen LogP contribution in [-0.4, -0.2) is 50.8 Å². The summed E-state index contributed by atoms with van der Waals surface area (Å²) >= 11 is 0. The van der Waals surface area contributed by atoms with E-state index in [1.54, 1.807) is 7.11 Å².